The first kappa shape index (κ1) is 16.0. The summed E-state index contributed by atoms with van der Waals surface area (Å²) in [5, 5.41) is 9.76. The van der Waals surface area contributed by atoms with Crippen molar-refractivity contribution in [1.29, 1.82) is 0 Å². The number of H-pyrrole nitrogens is 1. The molecule has 0 saturated carbocycles. The lowest BCUT2D eigenvalue weighted by Gasteiger charge is -2.13. The summed E-state index contributed by atoms with van der Waals surface area (Å²) in [7, 11) is 0. The molecule has 0 atom stereocenters. The molecule has 3 aromatic heterocycles. The lowest BCUT2D eigenvalue weighted by molar-refractivity contribution is 0.102. The second-order valence-electron chi connectivity index (χ2n) is 6.66. The largest absolute Gasteiger partial charge is 0.465 e. The molecule has 0 bridgehead atoms. The summed E-state index contributed by atoms with van der Waals surface area (Å²) in [4.78, 5) is 16.9. The highest BCUT2D eigenvalue weighted by Crippen LogP contribution is 2.28. The Bertz CT molecular complexity index is 857. The SMILES string of the molecule is Cc1oc(C(C)(C)C)cc1C(=O)Nc1cn[nH]c1-c1ccccn1. The first-order valence-electron chi connectivity index (χ1n) is 7.73. The van der Waals surface area contributed by atoms with E-state index < -0.39 is 0 Å². The average molecular weight is 324 g/mol. The molecule has 0 saturated heterocycles. The van der Waals surface area contributed by atoms with Gasteiger partial charge in [-0.05, 0) is 25.1 Å². The van der Waals surface area contributed by atoms with E-state index in [1.165, 1.54) is 0 Å². The first-order valence-corrected chi connectivity index (χ1v) is 7.73. The standard InChI is InChI=1S/C18H20N4O2/c1-11-12(9-15(24-11)18(2,3)4)17(23)21-14-10-20-22-16(14)13-7-5-6-8-19-13/h5-10H,1-4H3,(H,20,22)(H,21,23). The van der Waals surface area contributed by atoms with Crippen molar-refractivity contribution in [1.82, 2.24) is 15.2 Å². The summed E-state index contributed by atoms with van der Waals surface area (Å²) in [6.45, 7) is 7.92. The highest BCUT2D eigenvalue weighted by atomic mass is 16.3. The molecule has 2 N–H and O–H groups in total. The molecule has 6 heteroatoms. The molecule has 0 aromatic carbocycles. The van der Waals surface area contributed by atoms with Gasteiger partial charge in [0.05, 0.1) is 23.1 Å². The van der Waals surface area contributed by atoms with Crippen molar-refractivity contribution in [2.45, 2.75) is 33.1 Å². The van der Waals surface area contributed by atoms with E-state index in [4.69, 9.17) is 4.42 Å². The number of aromatic nitrogens is 3. The van der Waals surface area contributed by atoms with Crippen LogP contribution in [0.15, 0.2) is 41.1 Å². The van der Waals surface area contributed by atoms with E-state index in [1.54, 1.807) is 25.4 Å². The Morgan fingerprint density at radius 1 is 1.29 bits per heavy atom. The Labute approximate surface area is 140 Å². The van der Waals surface area contributed by atoms with Gasteiger partial charge in [0.1, 0.15) is 17.2 Å². The number of aryl methyl sites for hydroxylation is 1. The van der Waals surface area contributed by atoms with E-state index in [9.17, 15) is 4.79 Å². The number of furan rings is 1. The Balaban J connectivity index is 1.87. The molecular weight excluding hydrogens is 304 g/mol. The number of anilines is 1. The van der Waals surface area contributed by atoms with E-state index in [1.807, 2.05) is 39.0 Å². The number of hydrogen-bond acceptors (Lipinski definition) is 4. The second kappa shape index (κ2) is 5.96. The van der Waals surface area contributed by atoms with E-state index in [-0.39, 0.29) is 11.3 Å². The van der Waals surface area contributed by atoms with Gasteiger partial charge in [0.15, 0.2) is 0 Å². The quantitative estimate of drug-likeness (QED) is 0.764. The third-order valence-electron chi connectivity index (χ3n) is 3.71. The lowest BCUT2D eigenvalue weighted by Crippen LogP contribution is -2.13. The molecule has 1 amide bonds. The lowest BCUT2D eigenvalue weighted by atomic mass is 9.93. The van der Waals surface area contributed by atoms with Gasteiger partial charge in [-0.1, -0.05) is 26.8 Å². The summed E-state index contributed by atoms with van der Waals surface area (Å²) < 4.78 is 5.74. The van der Waals surface area contributed by atoms with Crippen LogP contribution in [0.1, 0.15) is 42.6 Å². The van der Waals surface area contributed by atoms with Crippen LogP contribution in [-0.2, 0) is 5.41 Å². The van der Waals surface area contributed by atoms with Crippen LogP contribution in [0.4, 0.5) is 5.69 Å². The van der Waals surface area contributed by atoms with Crippen LogP contribution in [0.3, 0.4) is 0 Å². The number of pyridine rings is 1. The summed E-state index contributed by atoms with van der Waals surface area (Å²) >= 11 is 0. The number of hydrogen-bond donors (Lipinski definition) is 2. The van der Waals surface area contributed by atoms with Crippen LogP contribution >= 0.6 is 0 Å². The van der Waals surface area contributed by atoms with E-state index in [2.05, 4.69) is 20.5 Å². The summed E-state index contributed by atoms with van der Waals surface area (Å²) in [5.74, 6) is 1.15. The van der Waals surface area contributed by atoms with Gasteiger partial charge < -0.3 is 9.73 Å². The predicted molar refractivity (Wildman–Crippen MR) is 91.9 cm³/mol. The number of aromatic amines is 1. The summed E-state index contributed by atoms with van der Waals surface area (Å²) in [5.41, 5.74) is 2.33. The molecule has 0 fully saturated rings. The fraction of sp³-hybridized carbons (Fsp3) is 0.278. The molecule has 0 aliphatic rings. The minimum atomic E-state index is -0.231. The normalized spacial score (nSPS) is 11.5. The minimum Gasteiger partial charge on any atom is -0.465 e. The van der Waals surface area contributed by atoms with E-state index >= 15 is 0 Å². The van der Waals surface area contributed by atoms with Crippen LogP contribution in [-0.4, -0.2) is 21.1 Å². The number of amides is 1. The van der Waals surface area contributed by atoms with Crippen LogP contribution in [0.5, 0.6) is 0 Å². The maximum atomic E-state index is 12.6. The van der Waals surface area contributed by atoms with Crippen molar-refractivity contribution in [3.63, 3.8) is 0 Å². The zero-order valence-corrected chi connectivity index (χ0v) is 14.2. The molecule has 124 valence electrons. The highest BCUT2D eigenvalue weighted by Gasteiger charge is 2.23. The van der Waals surface area contributed by atoms with Crippen molar-refractivity contribution in [2.24, 2.45) is 0 Å². The molecule has 3 aromatic rings. The topological polar surface area (TPSA) is 83.8 Å². The molecule has 0 unspecified atom stereocenters. The minimum absolute atomic E-state index is 0.155. The molecule has 24 heavy (non-hydrogen) atoms. The van der Waals surface area contributed by atoms with Gasteiger partial charge in [-0.3, -0.25) is 14.9 Å². The van der Waals surface area contributed by atoms with Crippen LogP contribution in [0, 0.1) is 6.92 Å². The number of carbonyl (C=O) groups excluding carboxylic acids is 1. The molecule has 3 heterocycles. The number of nitrogens with zero attached hydrogens (tertiary/aromatic N) is 2. The van der Waals surface area contributed by atoms with Crippen molar-refractivity contribution in [2.75, 3.05) is 5.32 Å². The fourth-order valence-electron chi connectivity index (χ4n) is 2.35. The molecule has 0 spiro atoms. The maximum Gasteiger partial charge on any atom is 0.259 e. The Morgan fingerprint density at radius 3 is 2.71 bits per heavy atom. The number of nitrogens with one attached hydrogen (secondary N) is 2. The molecular formula is C18H20N4O2. The summed E-state index contributed by atoms with van der Waals surface area (Å²) in [6, 6.07) is 7.36. The highest BCUT2D eigenvalue weighted by molar-refractivity contribution is 6.06. The Hall–Kier alpha value is -2.89. The van der Waals surface area contributed by atoms with Crippen molar-refractivity contribution in [3.8, 4) is 11.4 Å². The average Bonchev–Trinajstić information content (AvgIpc) is 3.14. The summed E-state index contributed by atoms with van der Waals surface area (Å²) in [6.07, 6.45) is 3.26. The number of carbonyl (C=O) groups is 1. The van der Waals surface area contributed by atoms with Gasteiger partial charge in [-0.15, -0.1) is 0 Å². The third kappa shape index (κ3) is 3.08. The second-order valence-corrected chi connectivity index (χ2v) is 6.66. The molecule has 0 aliphatic carbocycles. The van der Waals surface area contributed by atoms with Gasteiger partial charge in [0.2, 0.25) is 0 Å². The molecule has 3 rings (SSSR count). The maximum absolute atomic E-state index is 12.6. The van der Waals surface area contributed by atoms with Crippen LogP contribution in [0.25, 0.3) is 11.4 Å². The Morgan fingerprint density at radius 2 is 2.08 bits per heavy atom. The van der Waals surface area contributed by atoms with Crippen molar-refractivity contribution < 1.29 is 9.21 Å². The Kier molecular flexibility index (Phi) is 3.97. The monoisotopic (exact) mass is 324 g/mol. The fourth-order valence-corrected chi connectivity index (χ4v) is 2.35. The molecule has 6 nitrogen and oxygen atoms in total. The van der Waals surface area contributed by atoms with Gasteiger partial charge in [-0.2, -0.15) is 5.10 Å². The first-order chi connectivity index (χ1) is 11.4. The van der Waals surface area contributed by atoms with Gasteiger partial charge in [0.25, 0.3) is 5.91 Å². The van der Waals surface area contributed by atoms with Crippen molar-refractivity contribution in [3.05, 3.63) is 53.7 Å². The zero-order valence-electron chi connectivity index (χ0n) is 14.2. The predicted octanol–water partition coefficient (Wildman–Crippen LogP) is 3.92. The van der Waals surface area contributed by atoms with Crippen LogP contribution < -0.4 is 5.32 Å². The number of rotatable bonds is 3. The van der Waals surface area contributed by atoms with Crippen LogP contribution in [0.2, 0.25) is 0 Å². The van der Waals surface area contributed by atoms with Crippen molar-refractivity contribution >= 4 is 11.6 Å². The smallest absolute Gasteiger partial charge is 0.259 e. The third-order valence-corrected chi connectivity index (χ3v) is 3.71. The van der Waals surface area contributed by atoms with Gasteiger partial charge in [0, 0.05) is 11.6 Å². The van der Waals surface area contributed by atoms with Gasteiger partial charge >= 0.3 is 0 Å². The van der Waals surface area contributed by atoms with E-state index in [0.717, 1.165) is 5.76 Å². The van der Waals surface area contributed by atoms with E-state index in [0.29, 0.717) is 28.4 Å². The molecule has 0 aliphatic heterocycles. The van der Waals surface area contributed by atoms with Gasteiger partial charge in [-0.25, -0.2) is 0 Å². The molecule has 0 radical (unpaired) electrons. The zero-order chi connectivity index (χ0) is 17.3.